The van der Waals surface area contributed by atoms with Gasteiger partial charge in [-0.25, -0.2) is 4.39 Å². The Morgan fingerprint density at radius 1 is 1.17 bits per heavy atom. The number of nitrogens with two attached hydrogens (primary N) is 1. The van der Waals surface area contributed by atoms with E-state index in [-0.39, 0.29) is 24.3 Å². The van der Waals surface area contributed by atoms with Gasteiger partial charge < -0.3 is 15.8 Å². The molecule has 2 atom stereocenters. The van der Waals surface area contributed by atoms with Gasteiger partial charge in [0.15, 0.2) is 0 Å². The van der Waals surface area contributed by atoms with Gasteiger partial charge in [0.25, 0.3) is 11.6 Å². The number of primary amides is 1. The van der Waals surface area contributed by atoms with Crippen molar-refractivity contribution >= 4 is 23.5 Å². The van der Waals surface area contributed by atoms with Gasteiger partial charge in [0, 0.05) is 18.1 Å². The van der Waals surface area contributed by atoms with Crippen LogP contribution < -0.4 is 11.1 Å². The number of halogens is 1. The van der Waals surface area contributed by atoms with Crippen molar-refractivity contribution in [3.63, 3.8) is 0 Å². The standard InChI is InChI=1S/C20H20FN3O6/c1-2-30-17(25)11-15(12-7-9-13(10-8-12)24(28)29)18(19(22)26)23-20(27)14-5-3-4-6-16(14)21/h3-10,15,18H,2,11H2,1H3,(H2,22,26)(H,23,27)/t15-,18+/m0/s1. The SMILES string of the molecule is CCOC(=O)C[C@@H](c1ccc([N+](=O)[O-])cc1)[C@@H](NC(=O)c1ccccc1F)C(N)=O. The molecule has 0 spiro atoms. The van der Waals surface area contributed by atoms with Crippen LogP contribution in [0.1, 0.15) is 35.2 Å². The van der Waals surface area contributed by atoms with E-state index in [1.165, 1.54) is 42.5 Å². The van der Waals surface area contributed by atoms with Gasteiger partial charge in [0.1, 0.15) is 11.9 Å². The van der Waals surface area contributed by atoms with Crippen molar-refractivity contribution in [1.82, 2.24) is 5.32 Å². The molecule has 30 heavy (non-hydrogen) atoms. The Labute approximate surface area is 171 Å². The fraction of sp³-hybridized carbons (Fsp3) is 0.250. The smallest absolute Gasteiger partial charge is 0.306 e. The van der Waals surface area contributed by atoms with Crippen LogP contribution in [0.15, 0.2) is 48.5 Å². The number of carbonyl (C=O) groups is 3. The normalized spacial score (nSPS) is 12.5. The molecule has 0 bridgehead atoms. The number of esters is 1. The molecule has 0 saturated carbocycles. The zero-order valence-corrected chi connectivity index (χ0v) is 16.0. The fourth-order valence-corrected chi connectivity index (χ4v) is 2.91. The first-order valence-electron chi connectivity index (χ1n) is 8.99. The summed E-state index contributed by atoms with van der Waals surface area (Å²) in [6.45, 7) is 1.69. The van der Waals surface area contributed by atoms with Crippen LogP contribution >= 0.6 is 0 Å². The second-order valence-corrected chi connectivity index (χ2v) is 6.30. The van der Waals surface area contributed by atoms with Crippen LogP contribution in [0.2, 0.25) is 0 Å². The van der Waals surface area contributed by atoms with Crippen molar-refractivity contribution < 1.29 is 28.4 Å². The number of nitrogens with zero attached hydrogens (tertiary/aromatic N) is 1. The van der Waals surface area contributed by atoms with Gasteiger partial charge in [-0.05, 0) is 24.6 Å². The van der Waals surface area contributed by atoms with Crippen LogP contribution in [-0.2, 0) is 14.3 Å². The highest BCUT2D eigenvalue weighted by molar-refractivity contribution is 5.98. The van der Waals surface area contributed by atoms with Gasteiger partial charge in [-0.3, -0.25) is 24.5 Å². The minimum Gasteiger partial charge on any atom is -0.466 e. The van der Waals surface area contributed by atoms with Crippen molar-refractivity contribution in [2.24, 2.45) is 5.73 Å². The molecule has 0 radical (unpaired) electrons. The number of carbonyl (C=O) groups excluding carboxylic acids is 3. The van der Waals surface area contributed by atoms with Crippen LogP contribution in [0, 0.1) is 15.9 Å². The number of hydrogen-bond acceptors (Lipinski definition) is 6. The van der Waals surface area contributed by atoms with E-state index in [1.807, 2.05) is 0 Å². The molecule has 0 aliphatic carbocycles. The number of nitro groups is 1. The van der Waals surface area contributed by atoms with Gasteiger partial charge in [-0.1, -0.05) is 24.3 Å². The second kappa shape index (κ2) is 10.1. The molecule has 158 valence electrons. The summed E-state index contributed by atoms with van der Waals surface area (Å²) < 4.78 is 18.9. The maximum Gasteiger partial charge on any atom is 0.306 e. The molecule has 0 saturated heterocycles. The van der Waals surface area contributed by atoms with Crippen LogP contribution in [0.25, 0.3) is 0 Å². The summed E-state index contributed by atoms with van der Waals surface area (Å²) in [7, 11) is 0. The van der Waals surface area contributed by atoms with Gasteiger partial charge >= 0.3 is 5.97 Å². The van der Waals surface area contributed by atoms with Gasteiger partial charge in [-0.2, -0.15) is 0 Å². The number of hydrogen-bond donors (Lipinski definition) is 2. The molecule has 0 unspecified atom stereocenters. The highest BCUT2D eigenvalue weighted by atomic mass is 19.1. The molecule has 2 amide bonds. The third-order valence-corrected chi connectivity index (χ3v) is 4.34. The summed E-state index contributed by atoms with van der Waals surface area (Å²) >= 11 is 0. The number of amides is 2. The van der Waals surface area contributed by atoms with Crippen molar-refractivity contribution in [2.75, 3.05) is 6.61 Å². The number of ether oxygens (including phenoxy) is 1. The molecule has 2 rings (SSSR count). The van der Waals surface area contributed by atoms with Gasteiger partial charge in [-0.15, -0.1) is 0 Å². The molecular weight excluding hydrogens is 397 g/mol. The number of non-ortho nitro benzene ring substituents is 1. The molecule has 3 N–H and O–H groups in total. The second-order valence-electron chi connectivity index (χ2n) is 6.30. The molecule has 10 heteroatoms. The molecular formula is C20H20FN3O6. The Morgan fingerprint density at radius 3 is 2.33 bits per heavy atom. The van der Waals surface area contributed by atoms with Gasteiger partial charge in [0.2, 0.25) is 5.91 Å². The van der Waals surface area contributed by atoms with Crippen LogP contribution in [0.4, 0.5) is 10.1 Å². The largest absolute Gasteiger partial charge is 0.466 e. The molecule has 2 aromatic rings. The highest BCUT2D eigenvalue weighted by Crippen LogP contribution is 2.27. The van der Waals surface area contributed by atoms with Crippen LogP contribution in [-0.4, -0.2) is 35.4 Å². The van der Waals surface area contributed by atoms with Crippen molar-refractivity contribution in [3.05, 3.63) is 75.6 Å². The maximum absolute atomic E-state index is 13.9. The minimum absolute atomic E-state index is 0.0919. The lowest BCUT2D eigenvalue weighted by Gasteiger charge is -2.25. The van der Waals surface area contributed by atoms with Crippen LogP contribution in [0.3, 0.4) is 0 Å². The van der Waals surface area contributed by atoms with E-state index in [1.54, 1.807) is 6.92 Å². The van der Waals surface area contributed by atoms with Gasteiger partial charge in [0.05, 0.1) is 23.5 Å². The van der Waals surface area contributed by atoms with Crippen molar-refractivity contribution in [3.8, 4) is 0 Å². The summed E-state index contributed by atoms with van der Waals surface area (Å²) in [6, 6.07) is 8.87. The zero-order valence-electron chi connectivity index (χ0n) is 16.0. The zero-order chi connectivity index (χ0) is 22.3. The molecule has 9 nitrogen and oxygen atoms in total. The van der Waals surface area contributed by atoms with E-state index in [4.69, 9.17) is 10.5 Å². The summed E-state index contributed by atoms with van der Waals surface area (Å²) in [6.07, 6.45) is -0.336. The summed E-state index contributed by atoms with van der Waals surface area (Å²) in [5.41, 5.74) is 5.30. The Bertz CT molecular complexity index is 948. The Balaban J connectivity index is 2.39. The molecule has 2 aromatic carbocycles. The Kier molecular flexibility index (Phi) is 7.56. The Hall–Kier alpha value is -3.82. The van der Waals surface area contributed by atoms with E-state index >= 15 is 0 Å². The summed E-state index contributed by atoms with van der Waals surface area (Å²) in [4.78, 5) is 47.0. The number of nitro benzene ring substituents is 1. The lowest BCUT2D eigenvalue weighted by molar-refractivity contribution is -0.384. The highest BCUT2D eigenvalue weighted by Gasteiger charge is 2.33. The van der Waals surface area contributed by atoms with E-state index in [0.717, 1.165) is 6.07 Å². The third-order valence-electron chi connectivity index (χ3n) is 4.34. The van der Waals surface area contributed by atoms with E-state index in [9.17, 15) is 28.9 Å². The maximum atomic E-state index is 13.9. The summed E-state index contributed by atoms with van der Waals surface area (Å²) in [5, 5.41) is 13.2. The third kappa shape index (κ3) is 5.60. The number of benzene rings is 2. The first kappa shape index (κ1) is 22.5. The Morgan fingerprint density at radius 2 is 1.80 bits per heavy atom. The van der Waals surface area contributed by atoms with Crippen molar-refractivity contribution in [1.29, 1.82) is 0 Å². The predicted octanol–water partition coefficient (Wildman–Crippen LogP) is 2.05. The lowest BCUT2D eigenvalue weighted by Crippen LogP contribution is -2.49. The lowest BCUT2D eigenvalue weighted by atomic mass is 9.87. The predicted molar refractivity (Wildman–Crippen MR) is 104 cm³/mol. The monoisotopic (exact) mass is 417 g/mol. The first-order chi connectivity index (χ1) is 14.2. The molecule has 0 fully saturated rings. The number of nitrogens with one attached hydrogen (secondary N) is 1. The quantitative estimate of drug-likeness (QED) is 0.363. The minimum atomic E-state index is -1.40. The molecule has 0 aromatic heterocycles. The van der Waals surface area contributed by atoms with Crippen LogP contribution in [0.5, 0.6) is 0 Å². The molecule has 0 aliphatic heterocycles. The fourth-order valence-electron chi connectivity index (χ4n) is 2.91. The average molecular weight is 417 g/mol. The molecule has 0 aliphatic rings. The van der Waals surface area contributed by atoms with E-state index in [2.05, 4.69) is 5.32 Å². The van der Waals surface area contributed by atoms with E-state index in [0.29, 0.717) is 5.56 Å². The first-order valence-corrected chi connectivity index (χ1v) is 8.99. The molecule has 0 heterocycles. The number of rotatable bonds is 9. The topological polar surface area (TPSA) is 142 Å². The summed E-state index contributed by atoms with van der Waals surface area (Å²) in [5.74, 6) is -4.30. The van der Waals surface area contributed by atoms with E-state index < -0.39 is 40.5 Å². The van der Waals surface area contributed by atoms with Crippen molar-refractivity contribution in [2.45, 2.75) is 25.3 Å². The average Bonchev–Trinajstić information content (AvgIpc) is 2.70.